The molecule has 0 radical (unpaired) electrons. The lowest BCUT2D eigenvalue weighted by atomic mass is 10.0. The Bertz CT molecular complexity index is 918. The zero-order valence-electron chi connectivity index (χ0n) is 13.0. The Kier molecular flexibility index (Phi) is 4.48. The molecule has 3 N–H and O–H groups in total. The summed E-state index contributed by atoms with van der Waals surface area (Å²) in [6, 6.07) is 13.2. The number of amides is 2. The van der Waals surface area contributed by atoms with Gasteiger partial charge in [0.15, 0.2) is 0 Å². The number of hydrogen-bond donors (Lipinski definition) is 2. The van der Waals surface area contributed by atoms with E-state index < -0.39 is 5.91 Å². The lowest BCUT2D eigenvalue weighted by Crippen LogP contribution is -2.18. The average Bonchev–Trinajstić information content (AvgIpc) is 3.03. The minimum Gasteiger partial charge on any atom is -0.497 e. The van der Waals surface area contributed by atoms with Gasteiger partial charge in [0.25, 0.3) is 5.91 Å². The number of anilines is 1. The molecule has 2 amide bonds. The fourth-order valence-corrected chi connectivity index (χ4v) is 3.27. The largest absolute Gasteiger partial charge is 0.497 e. The maximum absolute atomic E-state index is 12.4. The van der Waals surface area contributed by atoms with Crippen molar-refractivity contribution in [2.75, 3.05) is 12.4 Å². The molecule has 2 aromatic carbocycles. The first-order chi connectivity index (χ1) is 11.6. The van der Waals surface area contributed by atoms with Crippen molar-refractivity contribution >= 4 is 39.6 Å². The summed E-state index contributed by atoms with van der Waals surface area (Å²) in [7, 11) is 1.61. The van der Waals surface area contributed by atoms with Crippen LogP contribution in [0.15, 0.2) is 47.8 Å². The summed E-state index contributed by atoms with van der Waals surface area (Å²) in [6.45, 7) is 0. The fourth-order valence-electron chi connectivity index (χ4n) is 2.56. The van der Waals surface area contributed by atoms with E-state index in [0.717, 1.165) is 22.1 Å². The van der Waals surface area contributed by atoms with Gasteiger partial charge in [0.2, 0.25) is 5.91 Å². The third kappa shape index (κ3) is 3.23. The topological polar surface area (TPSA) is 81.4 Å². The van der Waals surface area contributed by atoms with E-state index in [-0.39, 0.29) is 12.3 Å². The van der Waals surface area contributed by atoms with E-state index in [1.165, 1.54) is 11.3 Å². The molecule has 0 saturated carbocycles. The van der Waals surface area contributed by atoms with Gasteiger partial charge in [-0.05, 0) is 39.9 Å². The average molecular weight is 340 g/mol. The molecule has 0 unspecified atom stereocenters. The van der Waals surface area contributed by atoms with Gasteiger partial charge in [-0.2, -0.15) is 0 Å². The smallest absolute Gasteiger partial charge is 0.260 e. The van der Waals surface area contributed by atoms with Crippen LogP contribution in [-0.2, 0) is 11.2 Å². The number of benzene rings is 2. The number of hydrogen-bond acceptors (Lipinski definition) is 4. The van der Waals surface area contributed by atoms with E-state index in [9.17, 15) is 9.59 Å². The SMILES string of the molecule is COc1ccc2cccc(CC(=O)Nc3ccsc3C(N)=O)c2c1. The second-order valence-corrected chi connectivity index (χ2v) is 6.17. The molecule has 24 heavy (non-hydrogen) atoms. The molecule has 3 rings (SSSR count). The van der Waals surface area contributed by atoms with Crippen molar-refractivity contribution in [2.45, 2.75) is 6.42 Å². The fraction of sp³-hybridized carbons (Fsp3) is 0.111. The van der Waals surface area contributed by atoms with Gasteiger partial charge in [-0.15, -0.1) is 11.3 Å². The number of carbonyl (C=O) groups is 2. The normalized spacial score (nSPS) is 10.5. The molecule has 0 saturated heterocycles. The second kappa shape index (κ2) is 6.72. The van der Waals surface area contributed by atoms with Crippen molar-refractivity contribution in [1.82, 2.24) is 0 Å². The Hall–Kier alpha value is -2.86. The minimum atomic E-state index is -0.546. The third-order valence-corrected chi connectivity index (χ3v) is 4.62. The monoisotopic (exact) mass is 340 g/mol. The Morgan fingerprint density at radius 2 is 2.04 bits per heavy atom. The highest BCUT2D eigenvalue weighted by molar-refractivity contribution is 7.12. The van der Waals surface area contributed by atoms with Crippen molar-refractivity contribution < 1.29 is 14.3 Å². The first-order valence-corrected chi connectivity index (χ1v) is 8.19. The summed E-state index contributed by atoms with van der Waals surface area (Å²) in [5, 5.41) is 6.48. The highest BCUT2D eigenvalue weighted by atomic mass is 32.1. The first-order valence-electron chi connectivity index (χ1n) is 7.31. The molecular weight excluding hydrogens is 324 g/mol. The third-order valence-electron chi connectivity index (χ3n) is 3.69. The van der Waals surface area contributed by atoms with Crippen LogP contribution in [0.3, 0.4) is 0 Å². The number of rotatable bonds is 5. The Balaban J connectivity index is 1.85. The van der Waals surface area contributed by atoms with Gasteiger partial charge in [-0.1, -0.05) is 24.3 Å². The summed E-state index contributed by atoms with van der Waals surface area (Å²) >= 11 is 1.21. The van der Waals surface area contributed by atoms with Crippen LogP contribution < -0.4 is 15.8 Å². The molecule has 0 aliphatic carbocycles. The zero-order chi connectivity index (χ0) is 17.1. The summed E-state index contributed by atoms with van der Waals surface area (Å²) < 4.78 is 5.26. The molecule has 5 nitrogen and oxygen atoms in total. The molecule has 6 heteroatoms. The molecule has 0 spiro atoms. The standard InChI is InChI=1S/C18H16N2O3S/c1-23-13-6-5-11-3-2-4-12(14(11)10-13)9-16(21)20-15-7-8-24-17(15)18(19)22/h2-8,10H,9H2,1H3,(H2,19,22)(H,20,21). The van der Waals surface area contributed by atoms with Gasteiger partial charge in [-0.25, -0.2) is 0 Å². The molecule has 0 aliphatic heterocycles. The number of thiophene rings is 1. The summed E-state index contributed by atoms with van der Waals surface area (Å²) in [5.74, 6) is -0.00868. The highest BCUT2D eigenvalue weighted by Gasteiger charge is 2.14. The maximum atomic E-state index is 12.4. The lowest BCUT2D eigenvalue weighted by molar-refractivity contribution is -0.115. The van der Waals surface area contributed by atoms with E-state index in [2.05, 4.69) is 5.32 Å². The van der Waals surface area contributed by atoms with Crippen LogP contribution in [0.2, 0.25) is 0 Å². The number of nitrogens with two attached hydrogens (primary N) is 1. The summed E-state index contributed by atoms with van der Waals surface area (Å²) in [5.41, 5.74) is 6.64. The number of methoxy groups -OCH3 is 1. The molecule has 0 aliphatic rings. The molecule has 1 heterocycles. The minimum absolute atomic E-state index is 0.193. The van der Waals surface area contributed by atoms with Gasteiger partial charge in [0.05, 0.1) is 19.2 Å². The van der Waals surface area contributed by atoms with Gasteiger partial charge in [0, 0.05) is 0 Å². The van der Waals surface area contributed by atoms with E-state index in [4.69, 9.17) is 10.5 Å². The molecule has 122 valence electrons. The quantitative estimate of drug-likeness (QED) is 0.748. The van der Waals surface area contributed by atoms with Crippen LogP contribution in [0.4, 0.5) is 5.69 Å². The molecule has 0 atom stereocenters. The number of nitrogens with one attached hydrogen (secondary N) is 1. The number of fused-ring (bicyclic) bond motifs is 1. The van der Waals surface area contributed by atoms with Crippen molar-refractivity contribution in [2.24, 2.45) is 5.73 Å². The lowest BCUT2D eigenvalue weighted by Gasteiger charge is -2.09. The van der Waals surface area contributed by atoms with Crippen LogP contribution in [0, 0.1) is 0 Å². The predicted molar refractivity (Wildman–Crippen MR) is 95.7 cm³/mol. The van der Waals surface area contributed by atoms with E-state index in [1.807, 2.05) is 36.4 Å². The van der Waals surface area contributed by atoms with Crippen molar-refractivity contribution in [3.05, 3.63) is 58.3 Å². The first kappa shape index (κ1) is 16.0. The number of ether oxygens (including phenoxy) is 1. The van der Waals surface area contributed by atoms with Gasteiger partial charge >= 0.3 is 0 Å². The van der Waals surface area contributed by atoms with Crippen LogP contribution in [-0.4, -0.2) is 18.9 Å². The number of carbonyl (C=O) groups excluding carboxylic acids is 2. The van der Waals surface area contributed by atoms with Crippen LogP contribution in [0.1, 0.15) is 15.2 Å². The highest BCUT2D eigenvalue weighted by Crippen LogP contribution is 2.25. The van der Waals surface area contributed by atoms with Gasteiger partial charge in [-0.3, -0.25) is 9.59 Å². The molecule has 1 aromatic heterocycles. The van der Waals surface area contributed by atoms with Gasteiger partial charge < -0.3 is 15.8 Å². The van der Waals surface area contributed by atoms with Crippen molar-refractivity contribution in [3.63, 3.8) is 0 Å². The van der Waals surface area contributed by atoms with E-state index >= 15 is 0 Å². The van der Waals surface area contributed by atoms with E-state index in [0.29, 0.717) is 10.6 Å². The van der Waals surface area contributed by atoms with E-state index in [1.54, 1.807) is 18.6 Å². The predicted octanol–water partition coefficient (Wildman–Crippen LogP) is 3.19. The Labute approximate surface area is 143 Å². The van der Waals surface area contributed by atoms with Gasteiger partial charge in [0.1, 0.15) is 10.6 Å². The van der Waals surface area contributed by atoms with Crippen LogP contribution in [0.25, 0.3) is 10.8 Å². The molecule has 0 fully saturated rings. The molecule has 3 aromatic rings. The molecule has 0 bridgehead atoms. The zero-order valence-corrected chi connectivity index (χ0v) is 13.9. The van der Waals surface area contributed by atoms with Crippen molar-refractivity contribution in [1.29, 1.82) is 0 Å². The van der Waals surface area contributed by atoms with Crippen LogP contribution >= 0.6 is 11.3 Å². The van der Waals surface area contributed by atoms with Crippen LogP contribution in [0.5, 0.6) is 5.75 Å². The number of primary amides is 1. The Morgan fingerprint density at radius 1 is 1.21 bits per heavy atom. The summed E-state index contributed by atoms with van der Waals surface area (Å²) in [4.78, 5) is 24.0. The molecular formula is C18H16N2O3S. The maximum Gasteiger partial charge on any atom is 0.260 e. The second-order valence-electron chi connectivity index (χ2n) is 5.26. The Morgan fingerprint density at radius 3 is 2.79 bits per heavy atom. The summed E-state index contributed by atoms with van der Waals surface area (Å²) in [6.07, 6.45) is 0.193. The van der Waals surface area contributed by atoms with Crippen molar-refractivity contribution in [3.8, 4) is 5.75 Å².